The van der Waals surface area contributed by atoms with E-state index in [1.54, 1.807) is 0 Å². The fourth-order valence-electron chi connectivity index (χ4n) is 3.03. The van der Waals surface area contributed by atoms with Gasteiger partial charge in [-0.2, -0.15) is 4.98 Å². The number of ether oxygens (including phenoxy) is 1. The van der Waals surface area contributed by atoms with Gasteiger partial charge in [-0.05, 0) is 41.8 Å². The molecule has 2 heterocycles. The maximum atomic E-state index is 6.13. The number of hydrogen-bond donors (Lipinski definition) is 1. The summed E-state index contributed by atoms with van der Waals surface area (Å²) in [5, 5.41) is 4.09. The van der Waals surface area contributed by atoms with Crippen molar-refractivity contribution < 1.29 is 9.15 Å². The first-order chi connectivity index (χ1) is 11.6. The van der Waals surface area contributed by atoms with Crippen LogP contribution in [0.1, 0.15) is 43.4 Å². The Balaban J connectivity index is 1.64. The lowest BCUT2D eigenvalue weighted by molar-refractivity contribution is 0.273. The van der Waals surface area contributed by atoms with E-state index >= 15 is 0 Å². The van der Waals surface area contributed by atoms with E-state index < -0.39 is 0 Å². The lowest BCUT2D eigenvalue weighted by atomic mass is 10.0. The van der Waals surface area contributed by atoms with Gasteiger partial charge in [-0.15, -0.1) is 0 Å². The molecule has 2 aromatic carbocycles. The molecule has 3 aromatic rings. The number of nitrogens with one attached hydrogen (secondary N) is 1. The zero-order chi connectivity index (χ0) is 16.7. The Morgan fingerprint density at radius 2 is 2.08 bits per heavy atom. The standard InChI is InChI=1S/C19H19ClN2O2/c1-11(2)12-3-5-18-16(9-12)22-19(24-18)21-15-7-8-23-17-6-4-13(20)10-14(15)17/h3-6,9-11,15H,7-8H2,1-2H3,(H,21,22). The van der Waals surface area contributed by atoms with Gasteiger partial charge in [-0.3, -0.25) is 0 Å². The van der Waals surface area contributed by atoms with Crippen molar-refractivity contribution in [2.24, 2.45) is 0 Å². The van der Waals surface area contributed by atoms with Crippen molar-refractivity contribution in [2.75, 3.05) is 11.9 Å². The summed E-state index contributed by atoms with van der Waals surface area (Å²) in [6, 6.07) is 12.5. The van der Waals surface area contributed by atoms with Crippen molar-refractivity contribution in [1.29, 1.82) is 0 Å². The molecule has 0 bridgehead atoms. The summed E-state index contributed by atoms with van der Waals surface area (Å²) in [6.45, 7) is 5.00. The Bertz CT molecular complexity index is 888. The van der Waals surface area contributed by atoms with Crippen LogP contribution in [-0.2, 0) is 0 Å². The second-order valence-electron chi connectivity index (χ2n) is 6.42. The Hall–Kier alpha value is -2.20. The Kier molecular flexibility index (Phi) is 3.85. The van der Waals surface area contributed by atoms with Crippen molar-refractivity contribution in [3.63, 3.8) is 0 Å². The smallest absolute Gasteiger partial charge is 0.296 e. The van der Waals surface area contributed by atoms with E-state index in [1.165, 1.54) is 5.56 Å². The monoisotopic (exact) mass is 342 g/mol. The number of fused-ring (bicyclic) bond motifs is 2. The van der Waals surface area contributed by atoms with Gasteiger partial charge in [-0.25, -0.2) is 0 Å². The van der Waals surface area contributed by atoms with Crippen molar-refractivity contribution in [2.45, 2.75) is 32.2 Å². The van der Waals surface area contributed by atoms with Gasteiger partial charge in [0.25, 0.3) is 6.01 Å². The van der Waals surface area contributed by atoms with Gasteiger partial charge in [-0.1, -0.05) is 31.5 Å². The van der Waals surface area contributed by atoms with Crippen LogP contribution in [-0.4, -0.2) is 11.6 Å². The van der Waals surface area contributed by atoms with Crippen LogP contribution in [0.5, 0.6) is 5.75 Å². The average Bonchev–Trinajstić information content (AvgIpc) is 2.96. The van der Waals surface area contributed by atoms with Gasteiger partial charge < -0.3 is 14.5 Å². The molecule has 124 valence electrons. The number of hydrogen-bond acceptors (Lipinski definition) is 4. The van der Waals surface area contributed by atoms with Gasteiger partial charge in [0.15, 0.2) is 5.58 Å². The summed E-state index contributed by atoms with van der Waals surface area (Å²) in [4.78, 5) is 4.59. The maximum Gasteiger partial charge on any atom is 0.296 e. The van der Waals surface area contributed by atoms with E-state index in [1.807, 2.05) is 24.3 Å². The number of benzene rings is 2. The Labute approximate surface area is 145 Å². The van der Waals surface area contributed by atoms with Crippen LogP contribution in [0.25, 0.3) is 11.1 Å². The fourth-order valence-corrected chi connectivity index (χ4v) is 3.21. The number of anilines is 1. The third-order valence-electron chi connectivity index (χ3n) is 4.39. The summed E-state index contributed by atoms with van der Waals surface area (Å²) >= 11 is 6.13. The van der Waals surface area contributed by atoms with Gasteiger partial charge in [0, 0.05) is 17.0 Å². The zero-order valence-electron chi connectivity index (χ0n) is 13.7. The molecule has 1 atom stereocenters. The molecule has 0 fully saturated rings. The highest BCUT2D eigenvalue weighted by Gasteiger charge is 2.23. The molecule has 0 saturated carbocycles. The lowest BCUT2D eigenvalue weighted by Crippen LogP contribution is -2.20. The van der Waals surface area contributed by atoms with Gasteiger partial charge in [0.1, 0.15) is 11.3 Å². The lowest BCUT2D eigenvalue weighted by Gasteiger charge is -2.26. The van der Waals surface area contributed by atoms with E-state index in [0.717, 1.165) is 28.8 Å². The molecule has 0 aliphatic carbocycles. The first-order valence-corrected chi connectivity index (χ1v) is 8.57. The van der Waals surface area contributed by atoms with E-state index in [2.05, 4.69) is 36.3 Å². The molecule has 1 aliphatic heterocycles. The van der Waals surface area contributed by atoms with Crippen molar-refractivity contribution in [3.8, 4) is 5.75 Å². The highest BCUT2D eigenvalue weighted by molar-refractivity contribution is 6.30. The number of nitrogens with zero attached hydrogens (tertiary/aromatic N) is 1. The third kappa shape index (κ3) is 2.82. The topological polar surface area (TPSA) is 47.3 Å². The van der Waals surface area contributed by atoms with E-state index in [-0.39, 0.29) is 6.04 Å². The zero-order valence-corrected chi connectivity index (χ0v) is 14.4. The number of oxazole rings is 1. The van der Waals surface area contributed by atoms with E-state index in [0.29, 0.717) is 23.6 Å². The van der Waals surface area contributed by atoms with Crippen molar-refractivity contribution in [3.05, 3.63) is 52.5 Å². The highest BCUT2D eigenvalue weighted by atomic mass is 35.5. The molecule has 0 radical (unpaired) electrons. The maximum absolute atomic E-state index is 6.13. The molecule has 0 saturated heterocycles. The molecule has 4 rings (SSSR count). The van der Waals surface area contributed by atoms with Crippen molar-refractivity contribution >= 4 is 28.7 Å². The SMILES string of the molecule is CC(C)c1ccc2oc(NC3CCOc4ccc(Cl)cc43)nc2c1. The quantitative estimate of drug-likeness (QED) is 0.678. The molecular weight excluding hydrogens is 324 g/mol. The average molecular weight is 343 g/mol. The first kappa shape index (κ1) is 15.3. The second kappa shape index (κ2) is 6.02. The van der Waals surface area contributed by atoms with Crippen LogP contribution in [0.2, 0.25) is 5.02 Å². The van der Waals surface area contributed by atoms with Gasteiger partial charge >= 0.3 is 0 Å². The fraction of sp³-hybridized carbons (Fsp3) is 0.316. The van der Waals surface area contributed by atoms with Crippen LogP contribution in [0, 0.1) is 0 Å². The summed E-state index contributed by atoms with van der Waals surface area (Å²) < 4.78 is 11.6. The molecule has 1 aliphatic rings. The minimum absolute atomic E-state index is 0.0741. The molecule has 1 N–H and O–H groups in total. The molecule has 1 unspecified atom stereocenters. The highest BCUT2D eigenvalue weighted by Crippen LogP contribution is 2.36. The Morgan fingerprint density at radius 3 is 2.92 bits per heavy atom. The van der Waals surface area contributed by atoms with Crippen LogP contribution >= 0.6 is 11.6 Å². The molecular formula is C19H19ClN2O2. The van der Waals surface area contributed by atoms with E-state index in [9.17, 15) is 0 Å². The van der Waals surface area contributed by atoms with Gasteiger partial charge in [0.2, 0.25) is 0 Å². The van der Waals surface area contributed by atoms with E-state index in [4.69, 9.17) is 20.8 Å². The normalized spacial score (nSPS) is 16.9. The number of aromatic nitrogens is 1. The van der Waals surface area contributed by atoms with Gasteiger partial charge in [0.05, 0.1) is 12.6 Å². The second-order valence-corrected chi connectivity index (χ2v) is 6.85. The number of rotatable bonds is 3. The summed E-state index contributed by atoms with van der Waals surface area (Å²) in [6.07, 6.45) is 0.837. The Morgan fingerprint density at radius 1 is 1.21 bits per heavy atom. The predicted octanol–water partition coefficient (Wildman–Crippen LogP) is 5.54. The molecule has 5 heteroatoms. The van der Waals surface area contributed by atoms with Crippen LogP contribution in [0.3, 0.4) is 0 Å². The summed E-state index contributed by atoms with van der Waals surface area (Å²) in [7, 11) is 0. The summed E-state index contributed by atoms with van der Waals surface area (Å²) in [5.74, 6) is 1.33. The largest absolute Gasteiger partial charge is 0.493 e. The minimum atomic E-state index is 0.0741. The molecule has 1 aromatic heterocycles. The molecule has 0 amide bonds. The summed E-state index contributed by atoms with van der Waals surface area (Å²) in [5.41, 5.74) is 3.96. The first-order valence-electron chi connectivity index (χ1n) is 8.19. The predicted molar refractivity (Wildman–Crippen MR) is 96.0 cm³/mol. The number of halogens is 1. The van der Waals surface area contributed by atoms with Crippen molar-refractivity contribution in [1.82, 2.24) is 4.98 Å². The molecule has 4 nitrogen and oxygen atoms in total. The molecule has 24 heavy (non-hydrogen) atoms. The van der Waals surface area contributed by atoms with Crippen LogP contribution in [0.15, 0.2) is 40.8 Å². The third-order valence-corrected chi connectivity index (χ3v) is 4.62. The van der Waals surface area contributed by atoms with Crippen LogP contribution < -0.4 is 10.1 Å². The molecule has 0 spiro atoms. The minimum Gasteiger partial charge on any atom is -0.493 e. The van der Waals surface area contributed by atoms with Crippen LogP contribution in [0.4, 0.5) is 6.01 Å².